The van der Waals surface area contributed by atoms with Crippen molar-refractivity contribution in [1.82, 2.24) is 0 Å². The van der Waals surface area contributed by atoms with E-state index in [0.717, 1.165) is 12.3 Å². The molecule has 0 fully saturated rings. The van der Waals surface area contributed by atoms with Crippen molar-refractivity contribution in [1.29, 1.82) is 0 Å². The van der Waals surface area contributed by atoms with Gasteiger partial charge in [0.2, 0.25) is 11.2 Å². The Labute approximate surface area is 190 Å². The molecule has 0 saturated heterocycles. The first-order valence-corrected chi connectivity index (χ1v) is 9.77. The maximum atomic E-state index is 12.8. The predicted molar refractivity (Wildman–Crippen MR) is 119 cm³/mol. The summed E-state index contributed by atoms with van der Waals surface area (Å²) in [5.41, 5.74) is -0.750. The van der Waals surface area contributed by atoms with Crippen molar-refractivity contribution in [2.24, 2.45) is 0 Å². The monoisotopic (exact) mass is 467 g/mol. The molecule has 0 aliphatic rings. The second-order valence-corrected chi connectivity index (χ2v) is 7.08. The van der Waals surface area contributed by atoms with Gasteiger partial charge in [-0.1, -0.05) is 11.6 Å². The summed E-state index contributed by atoms with van der Waals surface area (Å²) in [4.78, 5) is 35.5. The van der Waals surface area contributed by atoms with Crippen LogP contribution in [0.1, 0.15) is 10.4 Å². The van der Waals surface area contributed by atoms with Gasteiger partial charge in [0.15, 0.2) is 0 Å². The first-order valence-electron chi connectivity index (χ1n) is 9.39. The van der Waals surface area contributed by atoms with Gasteiger partial charge in [-0.25, -0.2) is 4.79 Å². The molecule has 0 aliphatic carbocycles. The van der Waals surface area contributed by atoms with Crippen LogP contribution in [0, 0.1) is 10.1 Å². The molecule has 9 nitrogen and oxygen atoms in total. The lowest BCUT2D eigenvalue weighted by Crippen LogP contribution is -2.10. The van der Waals surface area contributed by atoms with Crippen LogP contribution in [0.25, 0.3) is 11.0 Å². The van der Waals surface area contributed by atoms with E-state index in [2.05, 4.69) is 0 Å². The van der Waals surface area contributed by atoms with Gasteiger partial charge in [-0.2, -0.15) is 0 Å². The second-order valence-electron chi connectivity index (χ2n) is 6.68. The van der Waals surface area contributed by atoms with Gasteiger partial charge in [0, 0.05) is 18.2 Å². The molecule has 1 aromatic heterocycles. The summed E-state index contributed by atoms with van der Waals surface area (Å²) in [5.74, 6) is 0.191. The van der Waals surface area contributed by atoms with Gasteiger partial charge in [0.05, 0.1) is 28.0 Å². The Morgan fingerprint density at radius 3 is 2.39 bits per heavy atom. The lowest BCUT2D eigenvalue weighted by Gasteiger charge is -2.08. The molecule has 0 aliphatic heterocycles. The van der Waals surface area contributed by atoms with Gasteiger partial charge in [0.1, 0.15) is 29.1 Å². The number of hydrogen-bond donors (Lipinski definition) is 0. The van der Waals surface area contributed by atoms with Crippen LogP contribution in [0.2, 0.25) is 5.02 Å². The fourth-order valence-corrected chi connectivity index (χ4v) is 3.14. The molecule has 3 aromatic carbocycles. The maximum Gasteiger partial charge on any atom is 0.345 e. The van der Waals surface area contributed by atoms with Crippen LogP contribution in [-0.2, 0) is 0 Å². The van der Waals surface area contributed by atoms with Crippen LogP contribution in [-0.4, -0.2) is 18.0 Å². The summed E-state index contributed by atoms with van der Waals surface area (Å²) >= 11 is 5.97. The third kappa shape index (κ3) is 4.63. The highest BCUT2D eigenvalue weighted by atomic mass is 35.5. The van der Waals surface area contributed by atoms with E-state index < -0.39 is 16.3 Å². The zero-order chi connectivity index (χ0) is 23.5. The molecule has 33 heavy (non-hydrogen) atoms. The highest BCUT2D eigenvalue weighted by Crippen LogP contribution is 2.27. The summed E-state index contributed by atoms with van der Waals surface area (Å²) in [6.07, 6.45) is 1.15. The van der Waals surface area contributed by atoms with Crippen molar-refractivity contribution in [2.75, 3.05) is 7.11 Å². The Morgan fingerprint density at radius 1 is 1.00 bits per heavy atom. The molecule has 0 bridgehead atoms. The van der Waals surface area contributed by atoms with E-state index in [0.29, 0.717) is 11.5 Å². The fraction of sp³-hybridized carbons (Fsp3) is 0.0435. The third-order valence-electron chi connectivity index (χ3n) is 4.59. The molecule has 0 atom stereocenters. The van der Waals surface area contributed by atoms with Crippen molar-refractivity contribution in [3.63, 3.8) is 0 Å². The average Bonchev–Trinajstić information content (AvgIpc) is 2.81. The highest BCUT2D eigenvalue weighted by Gasteiger charge is 2.18. The molecule has 1 heterocycles. The first-order chi connectivity index (χ1) is 15.9. The quantitative estimate of drug-likeness (QED) is 0.160. The molecule has 0 saturated carbocycles. The Hall–Kier alpha value is -4.37. The Morgan fingerprint density at radius 2 is 1.70 bits per heavy atom. The number of carbonyl (C=O) groups excluding carboxylic acids is 1. The van der Waals surface area contributed by atoms with Crippen molar-refractivity contribution in [2.45, 2.75) is 0 Å². The van der Waals surface area contributed by atoms with Gasteiger partial charge in [-0.05, 0) is 42.5 Å². The maximum absolute atomic E-state index is 12.8. The van der Waals surface area contributed by atoms with E-state index >= 15 is 0 Å². The number of nitro groups is 1. The summed E-state index contributed by atoms with van der Waals surface area (Å²) in [5, 5.41) is 11.1. The van der Waals surface area contributed by atoms with Crippen LogP contribution in [0.15, 0.2) is 76.1 Å². The number of methoxy groups -OCH3 is 1. The first kappa shape index (κ1) is 21.8. The van der Waals surface area contributed by atoms with Crippen molar-refractivity contribution in [3.05, 3.63) is 97.9 Å². The number of halogens is 1. The molecule has 10 heteroatoms. The lowest BCUT2D eigenvalue weighted by atomic mass is 10.2. The zero-order valence-electron chi connectivity index (χ0n) is 16.9. The van der Waals surface area contributed by atoms with E-state index in [1.807, 2.05) is 0 Å². The summed E-state index contributed by atoms with van der Waals surface area (Å²) in [6, 6.07) is 14.2. The molecule has 4 aromatic rings. The summed E-state index contributed by atoms with van der Waals surface area (Å²) in [7, 11) is 1.54. The molecular formula is C23H14ClNO8. The number of esters is 1. The minimum atomic E-state index is -0.898. The minimum absolute atomic E-state index is 0.00163. The van der Waals surface area contributed by atoms with Crippen molar-refractivity contribution in [3.8, 4) is 23.0 Å². The van der Waals surface area contributed by atoms with Crippen LogP contribution in [0.5, 0.6) is 23.0 Å². The van der Waals surface area contributed by atoms with E-state index in [9.17, 15) is 19.7 Å². The van der Waals surface area contributed by atoms with Crippen LogP contribution in [0.3, 0.4) is 0 Å². The number of nitro benzene ring substituents is 1. The second kappa shape index (κ2) is 9.01. The van der Waals surface area contributed by atoms with Gasteiger partial charge < -0.3 is 18.6 Å². The van der Waals surface area contributed by atoms with Gasteiger partial charge in [-0.15, -0.1) is 0 Å². The number of nitrogens with zero attached hydrogens (tertiary/aromatic N) is 1. The van der Waals surface area contributed by atoms with Crippen molar-refractivity contribution >= 4 is 34.2 Å². The number of non-ortho nitro benzene ring substituents is 1. The number of benzene rings is 3. The molecule has 0 N–H and O–H groups in total. The zero-order valence-corrected chi connectivity index (χ0v) is 17.7. The minimum Gasteiger partial charge on any atom is -0.497 e. The topological polar surface area (TPSA) is 118 Å². The molecule has 0 spiro atoms. The Kier molecular flexibility index (Phi) is 5.97. The fourth-order valence-electron chi connectivity index (χ4n) is 2.94. The SMILES string of the molecule is COc1ccc(Oc2coc3cc(OC(=O)c4cc([N+](=O)[O-])ccc4Cl)ccc3c2=O)cc1. The van der Waals surface area contributed by atoms with E-state index in [1.54, 1.807) is 24.3 Å². The number of fused-ring (bicyclic) bond motifs is 1. The van der Waals surface area contributed by atoms with Crippen LogP contribution >= 0.6 is 11.6 Å². The van der Waals surface area contributed by atoms with Gasteiger partial charge in [0.25, 0.3) is 5.69 Å². The molecular weight excluding hydrogens is 454 g/mol. The summed E-state index contributed by atoms with van der Waals surface area (Å²) < 4.78 is 21.4. The van der Waals surface area contributed by atoms with E-state index in [-0.39, 0.29) is 38.7 Å². The molecule has 0 unspecified atom stereocenters. The molecule has 0 amide bonds. The normalized spacial score (nSPS) is 10.6. The van der Waals surface area contributed by atoms with Crippen LogP contribution in [0.4, 0.5) is 5.69 Å². The average molecular weight is 468 g/mol. The van der Waals surface area contributed by atoms with Gasteiger partial charge in [-0.3, -0.25) is 14.9 Å². The van der Waals surface area contributed by atoms with E-state index in [4.69, 9.17) is 30.2 Å². The molecule has 166 valence electrons. The Balaban J connectivity index is 1.58. The lowest BCUT2D eigenvalue weighted by molar-refractivity contribution is -0.384. The van der Waals surface area contributed by atoms with E-state index in [1.165, 1.54) is 37.4 Å². The number of ether oxygens (including phenoxy) is 3. The largest absolute Gasteiger partial charge is 0.497 e. The smallest absolute Gasteiger partial charge is 0.345 e. The predicted octanol–water partition coefficient (Wildman–Crippen LogP) is 5.37. The van der Waals surface area contributed by atoms with Gasteiger partial charge >= 0.3 is 5.97 Å². The molecule has 4 rings (SSSR count). The van der Waals surface area contributed by atoms with Crippen LogP contribution < -0.4 is 19.6 Å². The standard InChI is InChI=1S/C23H14ClNO8/c1-30-14-3-5-15(6-4-14)32-21-12-31-20-11-16(7-8-17(20)22(21)26)33-23(27)18-10-13(25(28)29)2-9-19(18)24/h2-12H,1H3. The van der Waals surface area contributed by atoms with Crippen molar-refractivity contribution < 1.29 is 28.3 Å². The number of carbonyl (C=O) groups is 1. The Bertz CT molecular complexity index is 1430. The molecule has 0 radical (unpaired) electrons. The number of hydrogen-bond acceptors (Lipinski definition) is 8. The third-order valence-corrected chi connectivity index (χ3v) is 4.92. The number of rotatable bonds is 6. The highest BCUT2D eigenvalue weighted by molar-refractivity contribution is 6.33. The summed E-state index contributed by atoms with van der Waals surface area (Å²) in [6.45, 7) is 0.